The van der Waals surface area contributed by atoms with Crippen molar-refractivity contribution < 1.29 is 34.2 Å². The van der Waals surface area contributed by atoms with Crippen molar-refractivity contribution in [2.75, 3.05) is 4.90 Å². The van der Waals surface area contributed by atoms with Crippen LogP contribution >= 0.6 is 0 Å². The summed E-state index contributed by atoms with van der Waals surface area (Å²) in [6, 6.07) is 56.4. The summed E-state index contributed by atoms with van der Waals surface area (Å²) in [5.41, 5.74) is 10.6. The van der Waals surface area contributed by atoms with Crippen LogP contribution in [0.2, 0.25) is 0 Å². The Morgan fingerprint density at radius 3 is 2.16 bits per heavy atom. The van der Waals surface area contributed by atoms with E-state index in [1.165, 1.54) is 11.6 Å². The number of benzene rings is 7. The normalized spacial score (nSPS) is 13.3. The average Bonchev–Trinajstić information content (AvgIpc) is 3.86. The molecule has 298 valence electrons. The molecule has 0 saturated heterocycles. The molecular weight excluding hydrogens is 947 g/mol. The largest absolute Gasteiger partial charge is 2.00 e. The van der Waals surface area contributed by atoms with Gasteiger partial charge < -0.3 is 9.88 Å². The molecule has 0 bridgehead atoms. The van der Waals surface area contributed by atoms with E-state index in [1.807, 2.05) is 79.0 Å². The predicted octanol–water partition coefficient (Wildman–Crippen LogP) is 13.6. The summed E-state index contributed by atoms with van der Waals surface area (Å²) in [5, 5.41) is 0.505. The van der Waals surface area contributed by atoms with E-state index in [0.29, 0.717) is 27.8 Å². The molecule has 7 aromatic carbocycles. The summed E-state index contributed by atoms with van der Waals surface area (Å²) in [7, 11) is 0. The minimum Gasteiger partial charge on any atom is -0.656 e. The molecule has 0 fully saturated rings. The van der Waals surface area contributed by atoms with Crippen LogP contribution in [0.4, 0.5) is 30.4 Å². The maximum Gasteiger partial charge on any atom is 2.00 e. The van der Waals surface area contributed by atoms with Crippen molar-refractivity contribution in [3.8, 4) is 39.3 Å². The average molecular weight is 981 g/mol. The molecule has 11 rings (SSSR count). The van der Waals surface area contributed by atoms with Crippen LogP contribution < -0.4 is 9.88 Å². The molecule has 1 aliphatic rings. The Balaban J connectivity index is 0.00000445. The van der Waals surface area contributed by atoms with E-state index >= 15 is 0 Å². The third-order valence-corrected chi connectivity index (χ3v) is 11.8. The van der Waals surface area contributed by atoms with E-state index < -0.39 is 11.7 Å². The molecule has 0 atom stereocenters. The molecule has 3 aromatic heterocycles. The van der Waals surface area contributed by atoms with Crippen molar-refractivity contribution in [3.05, 3.63) is 193 Å². The van der Waals surface area contributed by atoms with Gasteiger partial charge >= 0.3 is 27.2 Å². The van der Waals surface area contributed by atoms with E-state index in [9.17, 15) is 13.2 Å². The van der Waals surface area contributed by atoms with Gasteiger partial charge in [-0.15, -0.1) is 40.9 Å². The molecule has 10 aromatic rings. The van der Waals surface area contributed by atoms with Gasteiger partial charge in [-0.25, -0.2) is 9.97 Å². The Labute approximate surface area is 364 Å². The van der Waals surface area contributed by atoms with Crippen LogP contribution in [-0.4, -0.2) is 14.5 Å². The summed E-state index contributed by atoms with van der Waals surface area (Å²) in [6.45, 7) is 4.47. The fourth-order valence-corrected chi connectivity index (χ4v) is 9.08. The van der Waals surface area contributed by atoms with Crippen LogP contribution in [0.15, 0.2) is 170 Å². The van der Waals surface area contributed by atoms with Gasteiger partial charge in [-0.1, -0.05) is 135 Å². The summed E-state index contributed by atoms with van der Waals surface area (Å²) in [5.74, 6) is 1.41. The van der Waals surface area contributed by atoms with Gasteiger partial charge in [0.25, 0.3) is 0 Å². The number of halogens is 3. The van der Waals surface area contributed by atoms with Gasteiger partial charge in [0.15, 0.2) is 0 Å². The van der Waals surface area contributed by atoms with E-state index in [1.54, 1.807) is 18.2 Å². The van der Waals surface area contributed by atoms with Gasteiger partial charge in [0, 0.05) is 39.7 Å². The molecule has 4 heterocycles. The number of hydrogen-bond acceptors (Lipinski definition) is 3. The van der Waals surface area contributed by atoms with E-state index in [2.05, 4.69) is 90.0 Å². The van der Waals surface area contributed by atoms with Crippen molar-refractivity contribution >= 4 is 50.0 Å². The van der Waals surface area contributed by atoms with Crippen molar-refractivity contribution in [3.63, 3.8) is 0 Å². The summed E-state index contributed by atoms with van der Waals surface area (Å²) in [6.07, 6.45) is -2.72. The monoisotopic (exact) mass is 980 g/mol. The standard InChI is InChI=1S/C52H34F3N5.Pt/c1-51(2)40-23-9-10-27-44(40)59(50-42(51)25-14-30-56-50)35-20-11-17-33(31-35)36-28-29-37(32-15-5-3-6-16-32)48-47(36)58-49(60(48)34-18-7-4-8-19-34)39-22-12-21-38-45-41(52(53,54)55)24-13-26-43(45)57-46(38)39;/h3-30H,1-2H3;/q-2;+2. The van der Waals surface area contributed by atoms with Gasteiger partial charge in [0.1, 0.15) is 11.6 Å². The Kier molecular flexibility index (Phi) is 9.11. The summed E-state index contributed by atoms with van der Waals surface area (Å²) >= 11 is 0. The SMILES string of the molecule is CC1(C)c2ccccc2N(c2[c-]c(-c3ccc(-c4ccccc4)c4c3nc(-c3cccc5c3[n-]c3cccc(C(F)(F)F)c35)n4-c3ccccc3)ccc2)c2ncccc21.[Pt+2]. The topological polar surface area (TPSA) is 48.1 Å². The molecule has 5 nitrogen and oxygen atoms in total. The van der Waals surface area contributed by atoms with Crippen LogP contribution in [0.1, 0.15) is 30.5 Å². The molecule has 0 radical (unpaired) electrons. The number of aromatic nitrogens is 4. The zero-order valence-corrected chi connectivity index (χ0v) is 35.1. The molecule has 0 amide bonds. The first-order valence-corrected chi connectivity index (χ1v) is 19.8. The third kappa shape index (κ3) is 6.03. The Morgan fingerprint density at radius 2 is 1.36 bits per heavy atom. The Bertz CT molecular complexity index is 3250. The van der Waals surface area contributed by atoms with Gasteiger partial charge in [-0.2, -0.15) is 13.2 Å². The Morgan fingerprint density at radius 1 is 0.656 bits per heavy atom. The molecule has 0 spiro atoms. The molecule has 0 saturated carbocycles. The first-order chi connectivity index (χ1) is 29.2. The van der Waals surface area contributed by atoms with Crippen LogP contribution in [0.3, 0.4) is 0 Å². The van der Waals surface area contributed by atoms with Gasteiger partial charge in [0.2, 0.25) is 0 Å². The van der Waals surface area contributed by atoms with Crippen LogP contribution in [0.25, 0.3) is 72.2 Å². The first kappa shape index (κ1) is 38.4. The maximum atomic E-state index is 14.5. The minimum atomic E-state index is -4.55. The summed E-state index contributed by atoms with van der Waals surface area (Å²) < 4.78 is 45.5. The molecule has 0 aliphatic carbocycles. The fourth-order valence-electron chi connectivity index (χ4n) is 9.08. The Hall–Kier alpha value is -6.76. The minimum absolute atomic E-state index is 0. The number of anilines is 3. The molecule has 1 aliphatic heterocycles. The number of pyridine rings is 1. The van der Waals surface area contributed by atoms with Crippen LogP contribution in [0.5, 0.6) is 0 Å². The smallest absolute Gasteiger partial charge is 0.656 e. The number of fused-ring (bicyclic) bond motifs is 6. The van der Waals surface area contributed by atoms with Gasteiger partial charge in [-0.3, -0.25) is 4.57 Å². The molecular formula is C52H34F3N5Pt. The number of para-hydroxylation sites is 3. The van der Waals surface area contributed by atoms with E-state index in [4.69, 9.17) is 15.0 Å². The zero-order valence-electron chi connectivity index (χ0n) is 32.9. The van der Waals surface area contributed by atoms with Crippen molar-refractivity contribution in [1.82, 2.24) is 19.5 Å². The van der Waals surface area contributed by atoms with E-state index in [0.717, 1.165) is 62.3 Å². The number of hydrogen-bond donors (Lipinski definition) is 0. The zero-order chi connectivity index (χ0) is 40.8. The third-order valence-electron chi connectivity index (χ3n) is 11.8. The van der Waals surface area contributed by atoms with Gasteiger partial charge in [-0.05, 0) is 57.9 Å². The quantitative estimate of drug-likeness (QED) is 0.161. The molecule has 9 heteroatoms. The number of alkyl halides is 3. The van der Waals surface area contributed by atoms with Crippen molar-refractivity contribution in [1.29, 1.82) is 0 Å². The van der Waals surface area contributed by atoms with Crippen molar-refractivity contribution in [2.45, 2.75) is 25.4 Å². The van der Waals surface area contributed by atoms with Gasteiger partial charge in [0.05, 0.1) is 16.6 Å². The number of imidazole rings is 1. The molecule has 0 N–H and O–H groups in total. The predicted molar refractivity (Wildman–Crippen MR) is 234 cm³/mol. The van der Waals surface area contributed by atoms with Crippen LogP contribution in [0, 0.1) is 6.07 Å². The summed E-state index contributed by atoms with van der Waals surface area (Å²) in [4.78, 5) is 17.5. The fraction of sp³-hybridized carbons (Fsp3) is 0.0769. The second kappa shape index (κ2) is 14.5. The van der Waals surface area contributed by atoms with Crippen LogP contribution in [-0.2, 0) is 32.7 Å². The molecule has 0 unspecified atom stereocenters. The second-order valence-corrected chi connectivity index (χ2v) is 15.6. The number of nitrogens with zero attached hydrogens (tertiary/aromatic N) is 5. The second-order valence-electron chi connectivity index (χ2n) is 15.6. The van der Waals surface area contributed by atoms with Crippen molar-refractivity contribution in [2.24, 2.45) is 0 Å². The van der Waals surface area contributed by atoms with E-state index in [-0.39, 0.29) is 37.4 Å². The number of rotatable bonds is 5. The first-order valence-electron chi connectivity index (χ1n) is 19.8. The maximum absolute atomic E-state index is 14.5. The molecule has 61 heavy (non-hydrogen) atoms.